The van der Waals surface area contributed by atoms with E-state index in [9.17, 15) is 18.4 Å². The summed E-state index contributed by atoms with van der Waals surface area (Å²) >= 11 is 0. The maximum Gasteiger partial charge on any atom is 0.254 e. The number of carbonyl (C=O) groups excluding carboxylic acids is 2. The Balaban J connectivity index is 2.13. The Hall–Kier alpha value is -2.76. The molecule has 0 fully saturated rings. The molecule has 0 saturated carbocycles. The summed E-state index contributed by atoms with van der Waals surface area (Å²) in [5.41, 5.74) is 0.146. The SMILES string of the molecule is CC(C)C(NC(=O)c1ccccc1F)C(=O)Nc1cccc(F)c1. The Bertz CT molecular complexity index is 747. The van der Waals surface area contributed by atoms with Crippen LogP contribution >= 0.6 is 0 Å². The van der Waals surface area contributed by atoms with Crippen molar-refractivity contribution in [3.63, 3.8) is 0 Å². The first kappa shape index (κ1) is 17.6. The summed E-state index contributed by atoms with van der Waals surface area (Å²) in [6.45, 7) is 3.49. The van der Waals surface area contributed by atoms with Crippen LogP contribution in [0.25, 0.3) is 0 Å². The molecule has 0 aromatic heterocycles. The Morgan fingerprint density at radius 3 is 2.33 bits per heavy atom. The third-order valence-corrected chi connectivity index (χ3v) is 3.45. The van der Waals surface area contributed by atoms with E-state index in [0.29, 0.717) is 0 Å². The number of amides is 2. The van der Waals surface area contributed by atoms with Crippen molar-refractivity contribution in [3.8, 4) is 0 Å². The van der Waals surface area contributed by atoms with E-state index in [1.165, 1.54) is 48.5 Å². The number of rotatable bonds is 5. The van der Waals surface area contributed by atoms with Gasteiger partial charge in [0.05, 0.1) is 5.56 Å². The molecule has 2 aromatic carbocycles. The van der Waals surface area contributed by atoms with E-state index >= 15 is 0 Å². The zero-order valence-corrected chi connectivity index (χ0v) is 13.3. The van der Waals surface area contributed by atoms with Crippen LogP contribution in [0.2, 0.25) is 0 Å². The number of carbonyl (C=O) groups is 2. The van der Waals surface area contributed by atoms with E-state index in [2.05, 4.69) is 10.6 Å². The van der Waals surface area contributed by atoms with Crippen molar-refractivity contribution in [1.82, 2.24) is 5.32 Å². The molecule has 1 unspecified atom stereocenters. The zero-order chi connectivity index (χ0) is 17.7. The van der Waals surface area contributed by atoms with Gasteiger partial charge >= 0.3 is 0 Å². The molecule has 24 heavy (non-hydrogen) atoms. The van der Waals surface area contributed by atoms with Gasteiger partial charge in [-0.2, -0.15) is 0 Å². The second-order valence-corrected chi connectivity index (χ2v) is 5.67. The number of benzene rings is 2. The predicted octanol–water partition coefficient (Wildman–Crippen LogP) is 3.36. The Kier molecular flexibility index (Phi) is 5.63. The number of hydrogen-bond donors (Lipinski definition) is 2. The molecular formula is C18H18F2N2O2. The predicted molar refractivity (Wildman–Crippen MR) is 87.5 cm³/mol. The van der Waals surface area contributed by atoms with Crippen molar-refractivity contribution in [3.05, 3.63) is 65.7 Å². The molecule has 2 rings (SSSR count). The largest absolute Gasteiger partial charge is 0.340 e. The summed E-state index contributed by atoms with van der Waals surface area (Å²) in [7, 11) is 0. The van der Waals surface area contributed by atoms with Gasteiger partial charge < -0.3 is 10.6 Å². The second kappa shape index (κ2) is 7.68. The molecule has 0 spiro atoms. The molecule has 1 atom stereocenters. The summed E-state index contributed by atoms with van der Waals surface area (Å²) in [4.78, 5) is 24.6. The summed E-state index contributed by atoms with van der Waals surface area (Å²) in [6.07, 6.45) is 0. The lowest BCUT2D eigenvalue weighted by Crippen LogP contribution is -2.47. The maximum atomic E-state index is 13.7. The fraction of sp³-hybridized carbons (Fsp3) is 0.222. The van der Waals surface area contributed by atoms with Gasteiger partial charge in [-0.05, 0) is 36.2 Å². The number of anilines is 1. The Labute approximate surface area is 138 Å². The fourth-order valence-electron chi connectivity index (χ4n) is 2.19. The van der Waals surface area contributed by atoms with Crippen LogP contribution in [0.15, 0.2) is 48.5 Å². The van der Waals surface area contributed by atoms with Crippen molar-refractivity contribution in [2.75, 3.05) is 5.32 Å². The Morgan fingerprint density at radius 1 is 1.00 bits per heavy atom. The molecule has 0 saturated heterocycles. The number of nitrogens with one attached hydrogen (secondary N) is 2. The topological polar surface area (TPSA) is 58.2 Å². The summed E-state index contributed by atoms with van der Waals surface area (Å²) < 4.78 is 26.9. The maximum absolute atomic E-state index is 13.7. The number of hydrogen-bond acceptors (Lipinski definition) is 2. The van der Waals surface area contributed by atoms with Crippen LogP contribution in [0, 0.1) is 17.6 Å². The van der Waals surface area contributed by atoms with E-state index in [1.54, 1.807) is 13.8 Å². The van der Waals surface area contributed by atoms with Crippen LogP contribution in [-0.2, 0) is 4.79 Å². The van der Waals surface area contributed by atoms with Crippen LogP contribution < -0.4 is 10.6 Å². The number of halogens is 2. The minimum atomic E-state index is -0.889. The van der Waals surface area contributed by atoms with Gasteiger partial charge in [-0.15, -0.1) is 0 Å². The van der Waals surface area contributed by atoms with Crippen molar-refractivity contribution >= 4 is 17.5 Å². The van der Waals surface area contributed by atoms with Gasteiger partial charge in [0.15, 0.2) is 0 Å². The molecule has 0 heterocycles. The third-order valence-electron chi connectivity index (χ3n) is 3.45. The van der Waals surface area contributed by atoms with Gasteiger partial charge in [-0.25, -0.2) is 8.78 Å². The molecule has 0 aliphatic heterocycles. The van der Waals surface area contributed by atoms with Crippen molar-refractivity contribution in [2.24, 2.45) is 5.92 Å². The van der Waals surface area contributed by atoms with Gasteiger partial charge in [-0.3, -0.25) is 9.59 Å². The zero-order valence-electron chi connectivity index (χ0n) is 13.3. The average molecular weight is 332 g/mol. The molecule has 2 aromatic rings. The summed E-state index contributed by atoms with van der Waals surface area (Å²) in [5, 5.41) is 5.07. The van der Waals surface area contributed by atoms with Crippen LogP contribution in [0.1, 0.15) is 24.2 Å². The van der Waals surface area contributed by atoms with Gasteiger partial charge in [0.25, 0.3) is 5.91 Å². The Morgan fingerprint density at radius 2 is 1.71 bits per heavy atom. The monoisotopic (exact) mass is 332 g/mol. The first-order valence-corrected chi connectivity index (χ1v) is 7.50. The van der Waals surface area contributed by atoms with Crippen molar-refractivity contribution in [1.29, 1.82) is 0 Å². The smallest absolute Gasteiger partial charge is 0.254 e. The standard InChI is InChI=1S/C18H18F2N2O2/c1-11(2)16(18(24)21-13-7-5-6-12(19)10-13)22-17(23)14-8-3-4-9-15(14)20/h3-11,16H,1-2H3,(H,21,24)(H,22,23). The first-order chi connectivity index (χ1) is 11.4. The van der Waals surface area contributed by atoms with Crippen molar-refractivity contribution < 1.29 is 18.4 Å². The van der Waals surface area contributed by atoms with Crippen LogP contribution in [-0.4, -0.2) is 17.9 Å². The molecule has 0 aliphatic carbocycles. The first-order valence-electron chi connectivity index (χ1n) is 7.50. The minimum Gasteiger partial charge on any atom is -0.340 e. The lowest BCUT2D eigenvalue weighted by atomic mass is 10.0. The molecule has 2 amide bonds. The van der Waals surface area contributed by atoms with Gasteiger partial charge in [0, 0.05) is 5.69 Å². The van der Waals surface area contributed by atoms with Gasteiger partial charge in [0.2, 0.25) is 5.91 Å². The lowest BCUT2D eigenvalue weighted by molar-refractivity contribution is -0.118. The quantitative estimate of drug-likeness (QED) is 0.882. The second-order valence-electron chi connectivity index (χ2n) is 5.67. The molecule has 4 nitrogen and oxygen atoms in total. The molecule has 0 radical (unpaired) electrons. The van der Waals surface area contributed by atoms with E-state index in [0.717, 1.165) is 0 Å². The molecule has 0 aliphatic rings. The molecule has 6 heteroatoms. The average Bonchev–Trinajstić information content (AvgIpc) is 2.52. The summed E-state index contributed by atoms with van der Waals surface area (Å²) in [5.74, 6) is -2.57. The molecule has 0 bridgehead atoms. The van der Waals surface area contributed by atoms with E-state index < -0.39 is 29.5 Å². The van der Waals surface area contributed by atoms with Crippen LogP contribution in [0.5, 0.6) is 0 Å². The molecule has 126 valence electrons. The summed E-state index contributed by atoms with van der Waals surface area (Å²) in [6, 6.07) is 10.1. The van der Waals surface area contributed by atoms with E-state index in [1.807, 2.05) is 0 Å². The molecule has 2 N–H and O–H groups in total. The highest BCUT2D eigenvalue weighted by Crippen LogP contribution is 2.13. The normalized spacial score (nSPS) is 11.9. The van der Waals surface area contributed by atoms with E-state index in [4.69, 9.17) is 0 Å². The third kappa shape index (κ3) is 4.38. The van der Waals surface area contributed by atoms with Gasteiger partial charge in [0.1, 0.15) is 17.7 Å². The van der Waals surface area contributed by atoms with E-state index in [-0.39, 0.29) is 17.2 Å². The highest BCUT2D eigenvalue weighted by atomic mass is 19.1. The molecular weight excluding hydrogens is 314 g/mol. The van der Waals surface area contributed by atoms with Crippen LogP contribution in [0.4, 0.5) is 14.5 Å². The lowest BCUT2D eigenvalue weighted by Gasteiger charge is -2.22. The highest BCUT2D eigenvalue weighted by Gasteiger charge is 2.25. The van der Waals surface area contributed by atoms with Crippen molar-refractivity contribution in [2.45, 2.75) is 19.9 Å². The highest BCUT2D eigenvalue weighted by molar-refractivity contribution is 6.01. The van der Waals surface area contributed by atoms with Gasteiger partial charge in [-0.1, -0.05) is 32.0 Å². The fourth-order valence-corrected chi connectivity index (χ4v) is 2.19. The minimum absolute atomic E-state index is 0.137. The van der Waals surface area contributed by atoms with Crippen LogP contribution in [0.3, 0.4) is 0 Å².